The molecule has 25 heavy (non-hydrogen) atoms. The van der Waals surface area contributed by atoms with E-state index in [1.807, 2.05) is 25.1 Å². The lowest BCUT2D eigenvalue weighted by Crippen LogP contribution is -2.40. The number of hydrogen-bond acceptors (Lipinski definition) is 4. The molecule has 0 spiro atoms. The van der Waals surface area contributed by atoms with E-state index in [2.05, 4.69) is 10.3 Å². The number of carbonyl (C=O) groups excluding carboxylic acids is 1. The minimum Gasteiger partial charge on any atom is -0.487 e. The fourth-order valence-electron chi connectivity index (χ4n) is 2.14. The highest BCUT2D eigenvalue weighted by Gasteiger charge is 2.21. The Bertz CT molecular complexity index is 743. The van der Waals surface area contributed by atoms with Crippen LogP contribution in [0.4, 0.5) is 0 Å². The quantitative estimate of drug-likeness (QED) is 0.808. The molecule has 0 saturated carbocycles. The van der Waals surface area contributed by atoms with Crippen molar-refractivity contribution in [2.24, 2.45) is 5.92 Å². The van der Waals surface area contributed by atoms with Crippen molar-refractivity contribution in [1.82, 2.24) is 10.3 Å². The summed E-state index contributed by atoms with van der Waals surface area (Å²) in [6, 6.07) is 10.3. The molecule has 0 radical (unpaired) electrons. The van der Waals surface area contributed by atoms with Crippen molar-refractivity contribution >= 4 is 11.9 Å². The Morgan fingerprint density at radius 1 is 1.24 bits per heavy atom. The first-order valence-corrected chi connectivity index (χ1v) is 8.05. The van der Waals surface area contributed by atoms with Crippen LogP contribution in [-0.2, 0) is 11.4 Å². The number of aryl methyl sites for hydroxylation is 1. The first kappa shape index (κ1) is 18.4. The van der Waals surface area contributed by atoms with Crippen molar-refractivity contribution in [3.05, 3.63) is 59.4 Å². The predicted octanol–water partition coefficient (Wildman–Crippen LogP) is 2.81. The number of aromatic nitrogens is 1. The first-order valence-electron chi connectivity index (χ1n) is 8.05. The van der Waals surface area contributed by atoms with E-state index in [1.54, 1.807) is 38.2 Å². The highest BCUT2D eigenvalue weighted by molar-refractivity contribution is 5.94. The normalized spacial score (nSPS) is 12.9. The van der Waals surface area contributed by atoms with E-state index in [-0.39, 0.29) is 5.91 Å². The lowest BCUT2D eigenvalue weighted by Gasteiger charge is -2.18. The van der Waals surface area contributed by atoms with Gasteiger partial charge in [-0.05, 0) is 50.6 Å². The molecule has 2 rings (SSSR count). The number of aliphatic carboxylic acids is 1. The van der Waals surface area contributed by atoms with E-state index in [0.717, 1.165) is 11.3 Å². The molecular weight excluding hydrogens is 320 g/mol. The fraction of sp³-hybridized carbons (Fsp3) is 0.316. The van der Waals surface area contributed by atoms with Gasteiger partial charge in [-0.15, -0.1) is 0 Å². The van der Waals surface area contributed by atoms with Gasteiger partial charge in [-0.2, -0.15) is 0 Å². The number of nitrogens with zero attached hydrogens (tertiary/aromatic N) is 1. The van der Waals surface area contributed by atoms with Gasteiger partial charge in [0, 0.05) is 17.3 Å². The predicted molar refractivity (Wildman–Crippen MR) is 93.5 cm³/mol. The second kappa shape index (κ2) is 8.28. The molecule has 1 aromatic heterocycles. The second-order valence-electron chi connectivity index (χ2n) is 6.01. The summed E-state index contributed by atoms with van der Waals surface area (Å²) in [5, 5.41) is 11.7. The maximum absolute atomic E-state index is 12.3. The van der Waals surface area contributed by atoms with Crippen LogP contribution in [0.1, 0.15) is 35.5 Å². The molecule has 2 aromatic rings. The molecule has 0 fully saturated rings. The van der Waals surface area contributed by atoms with Crippen molar-refractivity contribution in [3.8, 4) is 5.75 Å². The highest BCUT2D eigenvalue weighted by atomic mass is 16.5. The summed E-state index contributed by atoms with van der Waals surface area (Å²) >= 11 is 0. The largest absolute Gasteiger partial charge is 0.487 e. The van der Waals surface area contributed by atoms with Gasteiger partial charge in [-0.25, -0.2) is 0 Å². The third kappa shape index (κ3) is 5.31. The SMILES string of the molecule is Cc1ccc(OCc2cccc(C(=O)NC(C)C(C)C(=O)O)c2)cn1. The van der Waals surface area contributed by atoms with E-state index < -0.39 is 17.9 Å². The average Bonchev–Trinajstić information content (AvgIpc) is 2.60. The van der Waals surface area contributed by atoms with E-state index in [4.69, 9.17) is 9.84 Å². The molecule has 2 atom stereocenters. The topological polar surface area (TPSA) is 88.5 Å². The summed E-state index contributed by atoms with van der Waals surface area (Å²) < 4.78 is 5.66. The zero-order valence-electron chi connectivity index (χ0n) is 14.5. The van der Waals surface area contributed by atoms with Crippen molar-refractivity contribution in [1.29, 1.82) is 0 Å². The molecule has 0 aliphatic carbocycles. The number of benzene rings is 1. The van der Waals surface area contributed by atoms with Crippen LogP contribution in [0.25, 0.3) is 0 Å². The summed E-state index contributed by atoms with van der Waals surface area (Å²) in [6.45, 7) is 5.45. The van der Waals surface area contributed by atoms with Crippen LogP contribution < -0.4 is 10.1 Å². The summed E-state index contributed by atoms with van der Waals surface area (Å²) in [7, 11) is 0. The molecular formula is C19H22N2O4. The monoisotopic (exact) mass is 342 g/mol. The van der Waals surface area contributed by atoms with Crippen molar-refractivity contribution in [3.63, 3.8) is 0 Å². The first-order chi connectivity index (χ1) is 11.9. The Hall–Kier alpha value is -2.89. The third-order valence-electron chi connectivity index (χ3n) is 3.98. The van der Waals surface area contributed by atoms with Gasteiger partial charge < -0.3 is 15.2 Å². The van der Waals surface area contributed by atoms with Crippen LogP contribution in [-0.4, -0.2) is 28.0 Å². The maximum atomic E-state index is 12.3. The van der Waals surface area contributed by atoms with E-state index in [1.165, 1.54) is 0 Å². The van der Waals surface area contributed by atoms with Crippen molar-refractivity contribution in [2.45, 2.75) is 33.4 Å². The molecule has 1 amide bonds. The number of ether oxygens (including phenoxy) is 1. The summed E-state index contributed by atoms with van der Waals surface area (Å²) in [6.07, 6.45) is 1.65. The molecule has 0 saturated heterocycles. The number of carbonyl (C=O) groups is 2. The molecule has 6 nitrogen and oxygen atoms in total. The molecule has 1 heterocycles. The zero-order valence-corrected chi connectivity index (χ0v) is 14.5. The van der Waals surface area contributed by atoms with Gasteiger partial charge in [0.2, 0.25) is 0 Å². The summed E-state index contributed by atoms with van der Waals surface area (Å²) in [5.74, 6) is -1.25. The van der Waals surface area contributed by atoms with Gasteiger partial charge in [0.15, 0.2) is 0 Å². The van der Waals surface area contributed by atoms with Crippen LogP contribution in [0.3, 0.4) is 0 Å². The van der Waals surface area contributed by atoms with E-state index in [0.29, 0.717) is 17.9 Å². The Morgan fingerprint density at radius 3 is 2.64 bits per heavy atom. The molecule has 132 valence electrons. The molecule has 0 bridgehead atoms. The fourth-order valence-corrected chi connectivity index (χ4v) is 2.14. The summed E-state index contributed by atoms with van der Waals surface area (Å²) in [4.78, 5) is 27.4. The lowest BCUT2D eigenvalue weighted by molar-refractivity contribution is -0.141. The average molecular weight is 342 g/mol. The number of rotatable bonds is 7. The van der Waals surface area contributed by atoms with E-state index >= 15 is 0 Å². The van der Waals surface area contributed by atoms with Crippen LogP contribution in [0, 0.1) is 12.8 Å². The number of amides is 1. The Morgan fingerprint density at radius 2 is 2.00 bits per heavy atom. The molecule has 2 unspecified atom stereocenters. The number of pyridine rings is 1. The maximum Gasteiger partial charge on any atom is 0.308 e. The van der Waals surface area contributed by atoms with Crippen molar-refractivity contribution < 1.29 is 19.4 Å². The van der Waals surface area contributed by atoms with Crippen LogP contribution in [0.5, 0.6) is 5.75 Å². The van der Waals surface area contributed by atoms with Crippen LogP contribution in [0.15, 0.2) is 42.6 Å². The number of carboxylic acids is 1. The molecule has 1 aromatic carbocycles. The standard InChI is InChI=1S/C19H22N2O4/c1-12-7-8-17(10-20-12)25-11-15-5-4-6-16(9-15)18(22)21-14(3)13(2)19(23)24/h4-10,13-14H,11H2,1-3H3,(H,21,22)(H,23,24). The minimum atomic E-state index is -0.943. The third-order valence-corrected chi connectivity index (χ3v) is 3.98. The number of carboxylic acid groups (broad SMARTS) is 1. The van der Waals surface area contributed by atoms with Gasteiger partial charge in [0.1, 0.15) is 12.4 Å². The van der Waals surface area contributed by atoms with E-state index in [9.17, 15) is 9.59 Å². The number of nitrogens with one attached hydrogen (secondary N) is 1. The summed E-state index contributed by atoms with van der Waals surface area (Å²) in [5.41, 5.74) is 2.22. The van der Waals surface area contributed by atoms with Crippen LogP contribution >= 0.6 is 0 Å². The number of hydrogen-bond donors (Lipinski definition) is 2. The van der Waals surface area contributed by atoms with Crippen LogP contribution in [0.2, 0.25) is 0 Å². The molecule has 2 N–H and O–H groups in total. The Balaban J connectivity index is 1.99. The van der Waals surface area contributed by atoms with Crippen molar-refractivity contribution in [2.75, 3.05) is 0 Å². The van der Waals surface area contributed by atoms with Gasteiger partial charge in [0.05, 0.1) is 12.1 Å². The minimum absolute atomic E-state index is 0.306. The van der Waals surface area contributed by atoms with Gasteiger partial charge in [0.25, 0.3) is 5.91 Å². The van der Waals surface area contributed by atoms with Gasteiger partial charge in [-0.3, -0.25) is 14.6 Å². The highest BCUT2D eigenvalue weighted by Crippen LogP contribution is 2.13. The second-order valence-corrected chi connectivity index (χ2v) is 6.01. The zero-order chi connectivity index (χ0) is 18.4. The molecule has 0 aliphatic rings. The Kier molecular flexibility index (Phi) is 6.11. The van der Waals surface area contributed by atoms with Gasteiger partial charge in [-0.1, -0.05) is 12.1 Å². The lowest BCUT2D eigenvalue weighted by atomic mass is 10.0. The molecule has 6 heteroatoms. The molecule has 0 aliphatic heterocycles. The smallest absolute Gasteiger partial charge is 0.308 e. The van der Waals surface area contributed by atoms with Gasteiger partial charge >= 0.3 is 5.97 Å². The Labute approximate surface area is 146 Å².